The Morgan fingerprint density at radius 1 is 0.312 bits per heavy atom. The number of rotatable bonds is 7. The summed E-state index contributed by atoms with van der Waals surface area (Å²) in [5.41, 5.74) is 7.68. The topological polar surface area (TPSA) is 0 Å². The van der Waals surface area contributed by atoms with Crippen molar-refractivity contribution in [1.29, 1.82) is 0 Å². The predicted molar refractivity (Wildman–Crippen MR) is 198 cm³/mol. The van der Waals surface area contributed by atoms with Gasteiger partial charge in [0.25, 0.3) is 0 Å². The monoisotopic (exact) mass is 626 g/mol. The third-order valence-electron chi connectivity index (χ3n) is 15.7. The molecule has 0 heterocycles. The minimum atomic E-state index is 0.144. The summed E-state index contributed by atoms with van der Waals surface area (Å²) in [6.07, 6.45) is 20.3. The second kappa shape index (κ2) is 9.53. The molecular formula is C48H50. The zero-order valence-corrected chi connectivity index (χ0v) is 28.6. The smallest absolute Gasteiger partial charge is 0.00248 e. The third-order valence-corrected chi connectivity index (χ3v) is 15.7. The molecule has 0 radical (unpaired) electrons. The van der Waals surface area contributed by atoms with Crippen LogP contribution < -0.4 is 0 Å². The fourth-order valence-corrected chi connectivity index (χ4v) is 15.4. The number of hydrogen-bond donors (Lipinski definition) is 0. The van der Waals surface area contributed by atoms with Crippen LogP contribution in [0.15, 0.2) is 147 Å². The molecule has 4 atom stereocenters. The summed E-state index contributed by atoms with van der Waals surface area (Å²) in [4.78, 5) is 0. The van der Waals surface area contributed by atoms with E-state index in [1.807, 2.05) is 0 Å². The van der Waals surface area contributed by atoms with Crippen molar-refractivity contribution in [2.24, 2.45) is 21.7 Å². The highest BCUT2D eigenvalue weighted by atomic mass is 14.8. The van der Waals surface area contributed by atoms with E-state index in [0.717, 1.165) is 0 Å². The Morgan fingerprint density at radius 3 is 0.792 bits per heavy atom. The number of benzene rings is 4. The van der Waals surface area contributed by atoms with Gasteiger partial charge in [0.15, 0.2) is 0 Å². The highest BCUT2D eigenvalue weighted by Crippen LogP contribution is 2.85. The van der Waals surface area contributed by atoms with E-state index in [2.05, 4.69) is 133 Å². The van der Waals surface area contributed by atoms with Gasteiger partial charge in [0.2, 0.25) is 0 Å². The summed E-state index contributed by atoms with van der Waals surface area (Å²) >= 11 is 0. The van der Waals surface area contributed by atoms with Gasteiger partial charge in [0.1, 0.15) is 0 Å². The zero-order valence-electron chi connectivity index (χ0n) is 28.6. The summed E-state index contributed by atoms with van der Waals surface area (Å²) in [6.45, 7) is 9.43. The van der Waals surface area contributed by atoms with Crippen molar-refractivity contribution in [2.75, 3.05) is 0 Å². The highest BCUT2D eigenvalue weighted by Gasteiger charge is 2.78. The van der Waals surface area contributed by atoms with E-state index in [-0.39, 0.29) is 43.3 Å². The van der Waals surface area contributed by atoms with E-state index >= 15 is 0 Å². The van der Waals surface area contributed by atoms with Crippen molar-refractivity contribution in [3.63, 3.8) is 0 Å². The van der Waals surface area contributed by atoms with Crippen molar-refractivity contribution in [3.8, 4) is 0 Å². The maximum atomic E-state index is 4.71. The summed E-state index contributed by atoms with van der Waals surface area (Å²) in [5.74, 6) is 0. The fraction of sp³-hybridized carbons (Fsp3) is 0.417. The maximum absolute atomic E-state index is 4.71. The largest absolute Gasteiger partial charge is 0.103 e. The van der Waals surface area contributed by atoms with E-state index in [4.69, 9.17) is 13.2 Å². The van der Waals surface area contributed by atoms with Crippen LogP contribution in [-0.2, 0) is 21.7 Å². The standard InChI is InChI=1S/C48H50/c1-3-41-25-43(37-17-9-5-10-18-37)31-44(26-41,38-19-11-6-12-20-38)34-47(29-41,33-43)48-30-42(4-2)27-45(35-48,39-21-13-7-14-22-39)32-46(28-42,36-48)40-23-15-8-16-24-40/h3-24H,1-2,25-36H2. The first-order valence-corrected chi connectivity index (χ1v) is 18.8. The molecule has 8 aliphatic carbocycles. The van der Waals surface area contributed by atoms with Crippen LogP contribution in [0.2, 0.25) is 0 Å². The second-order valence-electron chi connectivity index (χ2n) is 18.4. The normalized spacial score (nSPS) is 43.2. The third kappa shape index (κ3) is 3.73. The van der Waals surface area contributed by atoms with Crippen LogP contribution >= 0.6 is 0 Å². The summed E-state index contributed by atoms with van der Waals surface area (Å²) in [6, 6.07) is 47.2. The molecule has 4 aromatic rings. The molecule has 8 aliphatic rings. The van der Waals surface area contributed by atoms with Crippen LogP contribution in [-0.4, -0.2) is 0 Å². The van der Waals surface area contributed by atoms with Crippen LogP contribution in [0.5, 0.6) is 0 Å². The lowest BCUT2D eigenvalue weighted by Gasteiger charge is -2.80. The zero-order chi connectivity index (χ0) is 32.4. The van der Waals surface area contributed by atoms with Crippen molar-refractivity contribution < 1.29 is 0 Å². The van der Waals surface area contributed by atoms with Gasteiger partial charge in [0, 0.05) is 0 Å². The van der Waals surface area contributed by atoms with Gasteiger partial charge >= 0.3 is 0 Å². The number of allylic oxidation sites excluding steroid dienone is 2. The number of hydrogen-bond acceptors (Lipinski definition) is 0. The Bertz CT molecular complexity index is 1630. The molecule has 0 amide bonds. The van der Waals surface area contributed by atoms with Gasteiger partial charge in [-0.25, -0.2) is 0 Å². The van der Waals surface area contributed by atoms with Gasteiger partial charge in [-0.2, -0.15) is 0 Å². The van der Waals surface area contributed by atoms with Gasteiger partial charge in [0.05, 0.1) is 0 Å². The molecule has 242 valence electrons. The molecule has 0 spiro atoms. The first-order valence-electron chi connectivity index (χ1n) is 18.8. The van der Waals surface area contributed by atoms with E-state index in [1.165, 1.54) is 77.0 Å². The van der Waals surface area contributed by atoms with Gasteiger partial charge in [-0.05, 0) is 143 Å². The highest BCUT2D eigenvalue weighted by molar-refractivity contribution is 5.47. The molecule has 0 aromatic heterocycles. The lowest BCUT2D eigenvalue weighted by atomic mass is 9.23. The summed E-state index contributed by atoms with van der Waals surface area (Å²) in [7, 11) is 0. The molecule has 0 heteroatoms. The average molecular weight is 627 g/mol. The summed E-state index contributed by atoms with van der Waals surface area (Å²) in [5, 5.41) is 0. The van der Waals surface area contributed by atoms with Crippen molar-refractivity contribution >= 4 is 0 Å². The molecule has 0 N–H and O–H groups in total. The van der Waals surface area contributed by atoms with Crippen LogP contribution in [0.1, 0.15) is 99.3 Å². The van der Waals surface area contributed by atoms with Crippen molar-refractivity contribution in [2.45, 2.75) is 98.7 Å². The van der Waals surface area contributed by atoms with Crippen molar-refractivity contribution in [1.82, 2.24) is 0 Å². The van der Waals surface area contributed by atoms with Gasteiger partial charge in [-0.3, -0.25) is 0 Å². The second-order valence-corrected chi connectivity index (χ2v) is 18.4. The minimum Gasteiger partial charge on any atom is -0.103 e. The van der Waals surface area contributed by atoms with Crippen molar-refractivity contribution in [3.05, 3.63) is 169 Å². The molecule has 8 bridgehead atoms. The van der Waals surface area contributed by atoms with E-state index < -0.39 is 0 Å². The van der Waals surface area contributed by atoms with Crippen LogP contribution in [0.4, 0.5) is 0 Å². The molecular weight excluding hydrogens is 577 g/mol. The Balaban J connectivity index is 1.25. The Hall–Kier alpha value is -3.64. The summed E-state index contributed by atoms with van der Waals surface area (Å²) < 4.78 is 0. The minimum absolute atomic E-state index is 0.144. The molecule has 4 unspecified atom stereocenters. The van der Waals surface area contributed by atoms with Gasteiger partial charge in [-0.15, -0.1) is 13.2 Å². The quantitative estimate of drug-likeness (QED) is 0.179. The van der Waals surface area contributed by atoms with E-state index in [1.54, 1.807) is 22.3 Å². The van der Waals surface area contributed by atoms with E-state index in [0.29, 0.717) is 0 Å². The maximum Gasteiger partial charge on any atom is -0.00248 e. The van der Waals surface area contributed by atoms with Crippen LogP contribution in [0.25, 0.3) is 0 Å². The van der Waals surface area contributed by atoms with Crippen LogP contribution in [0.3, 0.4) is 0 Å². The lowest BCUT2D eigenvalue weighted by Crippen LogP contribution is -2.73. The fourth-order valence-electron chi connectivity index (χ4n) is 15.4. The molecule has 8 fully saturated rings. The van der Waals surface area contributed by atoms with Gasteiger partial charge in [-0.1, -0.05) is 133 Å². The molecule has 12 rings (SSSR count). The average Bonchev–Trinajstić information content (AvgIpc) is 3.12. The molecule has 0 nitrogen and oxygen atoms in total. The Labute approximate surface area is 288 Å². The molecule has 0 aliphatic heterocycles. The first-order chi connectivity index (χ1) is 23.3. The SMILES string of the molecule is C=CC12CC3(c4ccccc4)CC(c4ccccc4)(C1)CC(C14CC5(C=C)CC(c6ccccc6)(CC(c6ccccc6)(C5)C1)C4)(C2)C3. The lowest BCUT2D eigenvalue weighted by molar-refractivity contribution is -0.247. The molecule has 0 saturated heterocycles. The van der Waals surface area contributed by atoms with E-state index in [9.17, 15) is 0 Å². The first kappa shape index (κ1) is 29.3. The Kier molecular flexibility index (Phi) is 5.81. The van der Waals surface area contributed by atoms with Crippen LogP contribution in [0, 0.1) is 21.7 Å². The molecule has 8 saturated carbocycles. The predicted octanol–water partition coefficient (Wildman–Crippen LogP) is 11.8. The van der Waals surface area contributed by atoms with Gasteiger partial charge < -0.3 is 0 Å². The Morgan fingerprint density at radius 2 is 0.562 bits per heavy atom. The molecule has 48 heavy (non-hydrogen) atoms. The molecule has 4 aromatic carbocycles.